The van der Waals surface area contributed by atoms with Crippen LogP contribution in [0.1, 0.15) is 19.2 Å². The van der Waals surface area contributed by atoms with Crippen molar-refractivity contribution in [3.8, 4) is 5.75 Å². The molecule has 1 heterocycles. The van der Waals surface area contributed by atoms with E-state index < -0.39 is 0 Å². The van der Waals surface area contributed by atoms with Gasteiger partial charge in [-0.3, -0.25) is 4.79 Å². The maximum atomic E-state index is 12.4. The Morgan fingerprint density at radius 3 is 2.75 bits per heavy atom. The summed E-state index contributed by atoms with van der Waals surface area (Å²) in [4.78, 5) is 12.4. The maximum Gasteiger partial charge on any atom is 0.234 e. The van der Waals surface area contributed by atoms with Crippen molar-refractivity contribution >= 4 is 78.4 Å². The summed E-state index contributed by atoms with van der Waals surface area (Å²) in [5.41, 5.74) is 0.711. The third-order valence-electron chi connectivity index (χ3n) is 4.34. The quantitative estimate of drug-likeness (QED) is 0.197. The SMILES string of the molecule is CCn1c(CCCOc2ccc(Cl)cc2Cl)nnc1SCC(=O)Nc1cc(Br)ccc1Br. The van der Waals surface area contributed by atoms with Crippen LogP contribution in [-0.4, -0.2) is 33.0 Å². The van der Waals surface area contributed by atoms with E-state index in [1.165, 1.54) is 11.8 Å². The first-order valence-corrected chi connectivity index (χ1v) is 13.1. The number of ether oxygens (including phenoxy) is 1. The van der Waals surface area contributed by atoms with Gasteiger partial charge >= 0.3 is 0 Å². The van der Waals surface area contributed by atoms with E-state index >= 15 is 0 Å². The van der Waals surface area contributed by atoms with Crippen LogP contribution in [0.5, 0.6) is 5.75 Å². The van der Waals surface area contributed by atoms with Gasteiger partial charge in [-0.1, -0.05) is 50.9 Å². The number of hydrogen-bond donors (Lipinski definition) is 1. The lowest BCUT2D eigenvalue weighted by Gasteiger charge is -2.10. The monoisotopic (exact) mass is 620 g/mol. The number of amides is 1. The van der Waals surface area contributed by atoms with Crippen LogP contribution in [-0.2, 0) is 17.8 Å². The minimum atomic E-state index is -0.116. The summed E-state index contributed by atoms with van der Waals surface area (Å²) in [6.07, 6.45) is 1.45. The molecule has 0 aliphatic rings. The van der Waals surface area contributed by atoms with Crippen LogP contribution in [0.4, 0.5) is 5.69 Å². The summed E-state index contributed by atoms with van der Waals surface area (Å²) < 4.78 is 9.46. The molecule has 1 amide bonds. The van der Waals surface area contributed by atoms with Crippen molar-refractivity contribution in [3.05, 3.63) is 61.2 Å². The number of nitrogens with zero attached hydrogens (tertiary/aromatic N) is 3. The van der Waals surface area contributed by atoms with Gasteiger partial charge in [0, 0.05) is 26.9 Å². The Morgan fingerprint density at radius 1 is 1.19 bits per heavy atom. The number of rotatable bonds is 10. The van der Waals surface area contributed by atoms with Crippen LogP contribution >= 0.6 is 66.8 Å². The van der Waals surface area contributed by atoms with Crippen LogP contribution in [0.2, 0.25) is 10.0 Å². The van der Waals surface area contributed by atoms with E-state index in [-0.39, 0.29) is 11.7 Å². The third kappa shape index (κ3) is 7.12. The van der Waals surface area contributed by atoms with Crippen molar-refractivity contribution < 1.29 is 9.53 Å². The summed E-state index contributed by atoms with van der Waals surface area (Å²) in [6.45, 7) is 3.23. The number of nitrogens with one attached hydrogen (secondary N) is 1. The van der Waals surface area contributed by atoms with E-state index in [9.17, 15) is 4.79 Å². The summed E-state index contributed by atoms with van der Waals surface area (Å²) in [5.74, 6) is 1.58. The van der Waals surface area contributed by atoms with E-state index in [1.54, 1.807) is 18.2 Å². The van der Waals surface area contributed by atoms with Crippen LogP contribution < -0.4 is 10.1 Å². The summed E-state index contributed by atoms with van der Waals surface area (Å²) in [7, 11) is 0. The molecule has 1 aromatic heterocycles. The molecule has 0 atom stereocenters. The molecule has 0 unspecified atom stereocenters. The van der Waals surface area contributed by atoms with Crippen molar-refractivity contribution in [1.29, 1.82) is 0 Å². The van der Waals surface area contributed by atoms with Crippen molar-refractivity contribution in [2.24, 2.45) is 0 Å². The second-order valence-electron chi connectivity index (χ2n) is 6.63. The van der Waals surface area contributed by atoms with Gasteiger partial charge in [-0.2, -0.15) is 0 Å². The van der Waals surface area contributed by atoms with Crippen molar-refractivity contribution in [2.75, 3.05) is 17.7 Å². The van der Waals surface area contributed by atoms with E-state index in [0.29, 0.717) is 46.2 Å². The third-order valence-corrected chi connectivity index (χ3v) is 7.02. The second-order valence-corrected chi connectivity index (χ2v) is 10.2. The first-order valence-electron chi connectivity index (χ1n) is 9.75. The first-order chi connectivity index (χ1) is 15.4. The lowest BCUT2D eigenvalue weighted by atomic mass is 10.3. The maximum absolute atomic E-state index is 12.4. The lowest BCUT2D eigenvalue weighted by molar-refractivity contribution is -0.113. The zero-order valence-electron chi connectivity index (χ0n) is 17.1. The zero-order chi connectivity index (χ0) is 23.1. The lowest BCUT2D eigenvalue weighted by Crippen LogP contribution is -2.15. The average molecular weight is 623 g/mol. The van der Waals surface area contributed by atoms with Gasteiger partial charge < -0.3 is 14.6 Å². The molecule has 0 aliphatic carbocycles. The number of hydrogen-bond acceptors (Lipinski definition) is 5. The number of aryl methyl sites for hydroxylation is 1. The number of halogens is 4. The molecule has 3 rings (SSSR count). The van der Waals surface area contributed by atoms with Gasteiger partial charge in [-0.05, 0) is 65.7 Å². The molecule has 32 heavy (non-hydrogen) atoms. The minimum Gasteiger partial charge on any atom is -0.492 e. The van der Waals surface area contributed by atoms with Gasteiger partial charge in [0.15, 0.2) is 5.16 Å². The van der Waals surface area contributed by atoms with E-state index in [4.69, 9.17) is 27.9 Å². The highest BCUT2D eigenvalue weighted by Crippen LogP contribution is 2.28. The number of anilines is 1. The van der Waals surface area contributed by atoms with E-state index in [0.717, 1.165) is 21.2 Å². The molecule has 0 saturated heterocycles. The number of carbonyl (C=O) groups excluding carboxylic acids is 1. The fourth-order valence-corrected chi connectivity index (χ4v) is 4.83. The summed E-state index contributed by atoms with van der Waals surface area (Å²) in [6, 6.07) is 10.8. The Balaban J connectivity index is 1.50. The molecule has 0 radical (unpaired) electrons. The molecule has 170 valence electrons. The topological polar surface area (TPSA) is 69.0 Å². The summed E-state index contributed by atoms with van der Waals surface area (Å²) in [5, 5.41) is 13.2. The average Bonchev–Trinajstić information content (AvgIpc) is 3.15. The van der Waals surface area contributed by atoms with Crippen molar-refractivity contribution in [3.63, 3.8) is 0 Å². The highest BCUT2D eigenvalue weighted by molar-refractivity contribution is 9.11. The van der Waals surface area contributed by atoms with Gasteiger partial charge in [0.2, 0.25) is 5.91 Å². The molecule has 0 spiro atoms. The van der Waals surface area contributed by atoms with Gasteiger partial charge in [-0.15, -0.1) is 10.2 Å². The second kappa shape index (κ2) is 12.3. The van der Waals surface area contributed by atoms with Gasteiger partial charge in [0.05, 0.1) is 23.1 Å². The molecule has 1 N–H and O–H groups in total. The van der Waals surface area contributed by atoms with E-state index in [1.807, 2.05) is 29.7 Å². The molecule has 6 nitrogen and oxygen atoms in total. The molecule has 0 saturated carbocycles. The van der Waals surface area contributed by atoms with Gasteiger partial charge in [-0.25, -0.2) is 0 Å². The Hall–Kier alpha value is -1.26. The molecule has 0 bridgehead atoms. The molecular weight excluding hydrogens is 603 g/mol. The molecule has 11 heteroatoms. The van der Waals surface area contributed by atoms with Crippen molar-refractivity contribution in [1.82, 2.24) is 14.8 Å². The summed E-state index contributed by atoms with van der Waals surface area (Å²) >= 11 is 20.2. The van der Waals surface area contributed by atoms with Gasteiger partial charge in [0.1, 0.15) is 11.6 Å². The predicted molar refractivity (Wildman–Crippen MR) is 137 cm³/mol. The Labute approximate surface area is 217 Å². The fraction of sp³-hybridized carbons (Fsp3) is 0.286. The number of aromatic nitrogens is 3. The molecule has 0 aliphatic heterocycles. The smallest absolute Gasteiger partial charge is 0.234 e. The first kappa shape index (κ1) is 25.4. The minimum absolute atomic E-state index is 0.116. The Bertz CT molecular complexity index is 1100. The van der Waals surface area contributed by atoms with Crippen LogP contribution in [0.15, 0.2) is 50.5 Å². The number of carbonyl (C=O) groups is 1. The Kier molecular flexibility index (Phi) is 9.73. The predicted octanol–water partition coefficient (Wildman–Crippen LogP) is 6.87. The molecule has 3 aromatic rings. The van der Waals surface area contributed by atoms with E-state index in [2.05, 4.69) is 47.4 Å². The normalized spacial score (nSPS) is 10.9. The standard InChI is InChI=1S/C21H20Br2Cl2N4O2S/c1-2-29-19(4-3-9-31-18-8-6-14(24)11-16(18)25)27-28-21(29)32-12-20(30)26-17-10-13(22)5-7-15(17)23/h5-8,10-11H,2-4,9,12H2,1H3,(H,26,30). The number of thioether (sulfide) groups is 1. The highest BCUT2D eigenvalue weighted by Gasteiger charge is 2.14. The molecule has 0 fully saturated rings. The highest BCUT2D eigenvalue weighted by atomic mass is 79.9. The van der Waals surface area contributed by atoms with Crippen LogP contribution in [0.3, 0.4) is 0 Å². The fourth-order valence-electron chi connectivity index (χ4n) is 2.84. The van der Waals surface area contributed by atoms with Crippen LogP contribution in [0.25, 0.3) is 0 Å². The van der Waals surface area contributed by atoms with Gasteiger partial charge in [0.25, 0.3) is 0 Å². The van der Waals surface area contributed by atoms with Crippen LogP contribution in [0, 0.1) is 0 Å². The molecular formula is C21H20Br2Cl2N4O2S. The zero-order valence-corrected chi connectivity index (χ0v) is 22.6. The number of benzene rings is 2. The molecule has 2 aromatic carbocycles. The van der Waals surface area contributed by atoms with Crippen molar-refractivity contribution in [2.45, 2.75) is 31.5 Å². The Morgan fingerprint density at radius 2 is 2.00 bits per heavy atom. The largest absolute Gasteiger partial charge is 0.492 e.